The molecule has 1 N–H and O–H groups in total. The van der Waals surface area contributed by atoms with E-state index in [0.717, 1.165) is 5.75 Å². The molecule has 0 saturated carbocycles. The van der Waals surface area contributed by atoms with Crippen molar-refractivity contribution in [1.82, 2.24) is 4.90 Å². The van der Waals surface area contributed by atoms with Crippen molar-refractivity contribution in [3.63, 3.8) is 0 Å². The molecule has 0 unspecified atom stereocenters. The van der Waals surface area contributed by atoms with Crippen molar-refractivity contribution < 1.29 is 19.4 Å². The van der Waals surface area contributed by atoms with Gasteiger partial charge in [0.25, 0.3) is 5.91 Å². The van der Waals surface area contributed by atoms with Gasteiger partial charge in [-0.2, -0.15) is 0 Å². The SMILES string of the molecule is CC(C)COc1ccc(C(=O)N2CC(C(=O)O)C2)cc1. The molecule has 1 aromatic rings. The largest absolute Gasteiger partial charge is 0.493 e. The normalized spacial score (nSPS) is 15.1. The van der Waals surface area contributed by atoms with E-state index in [1.165, 1.54) is 0 Å². The number of aliphatic carboxylic acids is 1. The zero-order valence-electron chi connectivity index (χ0n) is 11.7. The third-order valence-electron chi connectivity index (χ3n) is 3.20. The summed E-state index contributed by atoms with van der Waals surface area (Å²) in [5.74, 6) is -0.204. The van der Waals surface area contributed by atoms with Crippen LogP contribution in [0, 0.1) is 11.8 Å². The second-order valence-corrected chi connectivity index (χ2v) is 5.47. The zero-order chi connectivity index (χ0) is 14.7. The first kappa shape index (κ1) is 14.4. The van der Waals surface area contributed by atoms with E-state index < -0.39 is 11.9 Å². The molecule has 0 bridgehead atoms. The van der Waals surface area contributed by atoms with Crippen molar-refractivity contribution in [2.75, 3.05) is 19.7 Å². The van der Waals surface area contributed by atoms with Crippen LogP contribution in [0.1, 0.15) is 24.2 Å². The van der Waals surface area contributed by atoms with E-state index in [2.05, 4.69) is 13.8 Å². The number of carbonyl (C=O) groups excluding carboxylic acids is 1. The molecule has 5 heteroatoms. The Hall–Kier alpha value is -2.04. The summed E-state index contributed by atoms with van der Waals surface area (Å²) in [5.41, 5.74) is 0.561. The van der Waals surface area contributed by atoms with Crippen molar-refractivity contribution in [3.8, 4) is 5.75 Å². The third kappa shape index (κ3) is 3.29. The van der Waals surface area contributed by atoms with Gasteiger partial charge in [-0.25, -0.2) is 0 Å². The number of carboxylic acid groups (broad SMARTS) is 1. The molecular weight excluding hydrogens is 258 g/mol. The van der Waals surface area contributed by atoms with E-state index in [9.17, 15) is 9.59 Å². The monoisotopic (exact) mass is 277 g/mol. The van der Waals surface area contributed by atoms with Gasteiger partial charge in [0, 0.05) is 18.7 Å². The van der Waals surface area contributed by atoms with E-state index in [4.69, 9.17) is 9.84 Å². The van der Waals surface area contributed by atoms with Crippen LogP contribution in [0.5, 0.6) is 5.75 Å². The topological polar surface area (TPSA) is 66.8 Å². The second-order valence-electron chi connectivity index (χ2n) is 5.47. The molecule has 5 nitrogen and oxygen atoms in total. The van der Waals surface area contributed by atoms with Gasteiger partial charge in [0.15, 0.2) is 0 Å². The molecule has 0 atom stereocenters. The smallest absolute Gasteiger partial charge is 0.310 e. The molecule has 1 fully saturated rings. The first-order chi connectivity index (χ1) is 9.47. The van der Waals surface area contributed by atoms with Crippen molar-refractivity contribution in [1.29, 1.82) is 0 Å². The lowest BCUT2D eigenvalue weighted by Gasteiger charge is -2.36. The number of rotatable bonds is 5. The van der Waals surface area contributed by atoms with Gasteiger partial charge in [0.05, 0.1) is 12.5 Å². The minimum absolute atomic E-state index is 0.127. The Morgan fingerprint density at radius 3 is 2.40 bits per heavy atom. The fourth-order valence-electron chi connectivity index (χ4n) is 1.94. The van der Waals surface area contributed by atoms with Crippen molar-refractivity contribution in [3.05, 3.63) is 29.8 Å². The Morgan fingerprint density at radius 2 is 1.90 bits per heavy atom. The van der Waals surface area contributed by atoms with Gasteiger partial charge in [0.2, 0.25) is 0 Å². The van der Waals surface area contributed by atoms with Crippen LogP contribution in [0.25, 0.3) is 0 Å². The Labute approximate surface area is 118 Å². The minimum atomic E-state index is -0.841. The summed E-state index contributed by atoms with van der Waals surface area (Å²) in [5, 5.41) is 8.79. The summed E-state index contributed by atoms with van der Waals surface area (Å²) in [6.07, 6.45) is 0. The number of benzene rings is 1. The molecule has 0 radical (unpaired) electrons. The van der Waals surface area contributed by atoms with Gasteiger partial charge < -0.3 is 14.7 Å². The average molecular weight is 277 g/mol. The maximum absolute atomic E-state index is 12.1. The molecule has 1 aromatic carbocycles. The maximum atomic E-state index is 12.1. The highest BCUT2D eigenvalue weighted by Crippen LogP contribution is 2.20. The second kappa shape index (κ2) is 5.94. The number of carbonyl (C=O) groups is 2. The number of hydrogen-bond donors (Lipinski definition) is 1. The molecule has 20 heavy (non-hydrogen) atoms. The number of nitrogens with zero attached hydrogens (tertiary/aromatic N) is 1. The third-order valence-corrected chi connectivity index (χ3v) is 3.20. The number of carboxylic acids is 1. The molecule has 108 valence electrons. The highest BCUT2D eigenvalue weighted by Gasteiger charge is 2.35. The molecule has 1 aliphatic rings. The van der Waals surface area contributed by atoms with Gasteiger partial charge in [-0.1, -0.05) is 13.8 Å². The van der Waals surface area contributed by atoms with Gasteiger partial charge in [0.1, 0.15) is 5.75 Å². The van der Waals surface area contributed by atoms with Gasteiger partial charge in [-0.05, 0) is 30.2 Å². The van der Waals surface area contributed by atoms with E-state index in [1.807, 2.05) is 0 Å². The highest BCUT2D eigenvalue weighted by molar-refractivity contribution is 5.95. The summed E-state index contributed by atoms with van der Waals surface area (Å²) in [4.78, 5) is 24.3. The van der Waals surface area contributed by atoms with Crippen LogP contribution in [0.3, 0.4) is 0 Å². The van der Waals surface area contributed by atoms with Crippen LogP contribution >= 0.6 is 0 Å². The van der Waals surface area contributed by atoms with E-state index >= 15 is 0 Å². The van der Waals surface area contributed by atoms with Crippen molar-refractivity contribution in [2.45, 2.75) is 13.8 Å². The number of likely N-dealkylation sites (tertiary alicyclic amines) is 1. The Balaban J connectivity index is 1.90. The molecular formula is C15H19NO4. The molecule has 1 aliphatic heterocycles. The molecule has 2 rings (SSSR count). The number of ether oxygens (including phenoxy) is 1. The Bertz CT molecular complexity index is 489. The summed E-state index contributed by atoms with van der Waals surface area (Å²) < 4.78 is 5.55. The van der Waals surface area contributed by atoms with Crippen LogP contribution in [0.4, 0.5) is 0 Å². The van der Waals surface area contributed by atoms with E-state index in [-0.39, 0.29) is 5.91 Å². The van der Waals surface area contributed by atoms with Crippen molar-refractivity contribution >= 4 is 11.9 Å². The van der Waals surface area contributed by atoms with Crippen LogP contribution < -0.4 is 4.74 Å². The molecule has 0 aromatic heterocycles. The summed E-state index contributed by atoms with van der Waals surface area (Å²) in [6.45, 7) is 5.36. The van der Waals surface area contributed by atoms with Crippen LogP contribution in [0.2, 0.25) is 0 Å². The lowest BCUT2D eigenvalue weighted by atomic mass is 9.99. The van der Waals surface area contributed by atoms with E-state index in [0.29, 0.717) is 31.2 Å². The molecule has 1 heterocycles. The predicted octanol–water partition coefficient (Wildman–Crippen LogP) is 1.88. The quantitative estimate of drug-likeness (QED) is 0.892. The van der Waals surface area contributed by atoms with Crippen LogP contribution in [-0.2, 0) is 4.79 Å². The Morgan fingerprint density at radius 1 is 1.30 bits per heavy atom. The number of amides is 1. The summed E-state index contributed by atoms with van der Waals surface area (Å²) in [6, 6.07) is 6.96. The van der Waals surface area contributed by atoms with Gasteiger partial charge >= 0.3 is 5.97 Å². The molecule has 1 saturated heterocycles. The Kier molecular flexibility index (Phi) is 4.27. The standard InChI is InChI=1S/C15H19NO4/c1-10(2)9-20-13-5-3-11(4-6-13)14(17)16-7-12(8-16)15(18)19/h3-6,10,12H,7-9H2,1-2H3,(H,18,19). The summed E-state index contributed by atoms with van der Waals surface area (Å²) >= 11 is 0. The highest BCUT2D eigenvalue weighted by atomic mass is 16.5. The van der Waals surface area contributed by atoms with Crippen molar-refractivity contribution in [2.24, 2.45) is 11.8 Å². The average Bonchev–Trinajstić information content (AvgIpc) is 2.34. The first-order valence-electron chi connectivity index (χ1n) is 6.72. The van der Waals surface area contributed by atoms with Gasteiger partial charge in [-0.3, -0.25) is 9.59 Å². The maximum Gasteiger partial charge on any atom is 0.310 e. The molecule has 1 amide bonds. The minimum Gasteiger partial charge on any atom is -0.493 e. The fraction of sp³-hybridized carbons (Fsp3) is 0.467. The van der Waals surface area contributed by atoms with Crippen LogP contribution in [-0.4, -0.2) is 41.6 Å². The van der Waals surface area contributed by atoms with Gasteiger partial charge in [-0.15, -0.1) is 0 Å². The lowest BCUT2D eigenvalue weighted by Crippen LogP contribution is -2.53. The summed E-state index contributed by atoms with van der Waals surface area (Å²) in [7, 11) is 0. The first-order valence-corrected chi connectivity index (χ1v) is 6.72. The van der Waals surface area contributed by atoms with E-state index in [1.54, 1.807) is 29.2 Å². The fourth-order valence-corrected chi connectivity index (χ4v) is 1.94. The molecule has 0 aliphatic carbocycles. The number of hydrogen-bond acceptors (Lipinski definition) is 3. The lowest BCUT2D eigenvalue weighted by molar-refractivity contribution is -0.146. The zero-order valence-corrected chi connectivity index (χ0v) is 11.7. The predicted molar refractivity (Wildman–Crippen MR) is 73.8 cm³/mol. The van der Waals surface area contributed by atoms with Crippen LogP contribution in [0.15, 0.2) is 24.3 Å². The molecule has 0 spiro atoms.